The Kier molecular flexibility index (Phi) is 5.18. The molecule has 1 aromatic heterocycles. The molecule has 1 unspecified atom stereocenters. The number of carbonyl (C=O) groups excluding carboxylic acids is 1. The lowest BCUT2D eigenvalue weighted by atomic mass is 10.0. The van der Waals surface area contributed by atoms with Gasteiger partial charge in [-0.15, -0.1) is 0 Å². The van der Waals surface area contributed by atoms with Crippen LogP contribution in [0, 0.1) is 6.92 Å². The van der Waals surface area contributed by atoms with Crippen LogP contribution in [0.5, 0.6) is 0 Å². The van der Waals surface area contributed by atoms with Crippen molar-refractivity contribution in [3.63, 3.8) is 0 Å². The average Bonchev–Trinajstić information content (AvgIpc) is 3.04. The highest BCUT2D eigenvalue weighted by molar-refractivity contribution is 5.74. The number of piperidine rings is 1. The maximum Gasteiger partial charge on any atom is 0.317 e. The minimum absolute atomic E-state index is 0.0319. The number of nitrogens with zero attached hydrogens (tertiary/aromatic N) is 2. The van der Waals surface area contributed by atoms with Crippen molar-refractivity contribution in [2.24, 2.45) is 0 Å². The Bertz CT molecular complexity index is 678. The first-order valence-electron chi connectivity index (χ1n) is 8.69. The Hall–Kier alpha value is -2.30. The summed E-state index contributed by atoms with van der Waals surface area (Å²) in [4.78, 5) is 18.7. The van der Waals surface area contributed by atoms with Gasteiger partial charge in [0.25, 0.3) is 0 Å². The number of aromatic nitrogens is 1. The summed E-state index contributed by atoms with van der Waals surface area (Å²) in [7, 11) is 0. The van der Waals surface area contributed by atoms with E-state index in [1.165, 1.54) is 12.0 Å². The Labute approximate surface area is 143 Å². The van der Waals surface area contributed by atoms with Crippen molar-refractivity contribution in [3.8, 4) is 11.5 Å². The van der Waals surface area contributed by atoms with Gasteiger partial charge in [0.05, 0.1) is 5.69 Å². The fraction of sp³-hybridized carbons (Fsp3) is 0.474. The highest BCUT2D eigenvalue weighted by Crippen LogP contribution is 2.19. The van der Waals surface area contributed by atoms with Crippen LogP contribution in [0.25, 0.3) is 11.5 Å². The summed E-state index contributed by atoms with van der Waals surface area (Å²) in [6.45, 7) is 5.59. The number of amides is 2. The molecule has 0 aliphatic carbocycles. The van der Waals surface area contributed by atoms with Crippen molar-refractivity contribution in [2.75, 3.05) is 13.1 Å². The fourth-order valence-corrected chi connectivity index (χ4v) is 3.05. The van der Waals surface area contributed by atoms with Crippen molar-refractivity contribution in [2.45, 2.75) is 45.6 Å². The minimum Gasteiger partial charge on any atom is -0.444 e. The van der Waals surface area contributed by atoms with Gasteiger partial charge in [0, 0.05) is 31.1 Å². The van der Waals surface area contributed by atoms with Gasteiger partial charge in [-0.1, -0.05) is 17.7 Å². The molecule has 5 heteroatoms. The van der Waals surface area contributed by atoms with Gasteiger partial charge in [0.15, 0.2) is 0 Å². The molecular formula is C19H25N3O2. The average molecular weight is 327 g/mol. The van der Waals surface area contributed by atoms with Crippen LogP contribution in [-0.4, -0.2) is 35.0 Å². The Morgan fingerprint density at radius 1 is 1.33 bits per heavy atom. The molecule has 0 radical (unpaired) electrons. The van der Waals surface area contributed by atoms with Gasteiger partial charge in [0.2, 0.25) is 5.89 Å². The molecule has 5 nitrogen and oxygen atoms in total. The molecule has 0 bridgehead atoms. The smallest absolute Gasteiger partial charge is 0.317 e. The van der Waals surface area contributed by atoms with Crippen LogP contribution in [0.1, 0.15) is 37.4 Å². The van der Waals surface area contributed by atoms with Gasteiger partial charge in [-0.3, -0.25) is 0 Å². The van der Waals surface area contributed by atoms with Crippen molar-refractivity contribution in [1.82, 2.24) is 15.2 Å². The lowest BCUT2D eigenvalue weighted by molar-refractivity contribution is 0.158. The zero-order chi connectivity index (χ0) is 16.9. The number of aryl methyl sites for hydroxylation is 1. The molecule has 1 aliphatic heterocycles. The van der Waals surface area contributed by atoms with E-state index in [1.54, 1.807) is 6.26 Å². The van der Waals surface area contributed by atoms with Gasteiger partial charge in [-0.05, 0) is 45.2 Å². The predicted octanol–water partition coefficient (Wildman–Crippen LogP) is 3.78. The predicted molar refractivity (Wildman–Crippen MR) is 93.8 cm³/mol. The third-order valence-electron chi connectivity index (χ3n) is 4.57. The Morgan fingerprint density at radius 3 is 2.88 bits per heavy atom. The largest absolute Gasteiger partial charge is 0.444 e. The van der Waals surface area contributed by atoms with Crippen molar-refractivity contribution in [3.05, 3.63) is 41.8 Å². The van der Waals surface area contributed by atoms with E-state index in [1.807, 2.05) is 29.2 Å². The second kappa shape index (κ2) is 7.51. The minimum atomic E-state index is 0.0319. The van der Waals surface area contributed by atoms with E-state index in [-0.39, 0.29) is 6.03 Å². The Morgan fingerprint density at radius 2 is 2.12 bits per heavy atom. The van der Waals surface area contributed by atoms with Crippen molar-refractivity contribution in [1.29, 1.82) is 0 Å². The van der Waals surface area contributed by atoms with E-state index in [2.05, 4.69) is 24.1 Å². The molecule has 0 spiro atoms. The van der Waals surface area contributed by atoms with Crippen LogP contribution in [0.3, 0.4) is 0 Å². The quantitative estimate of drug-likeness (QED) is 0.930. The SMILES string of the molecule is Cc1ccc(-c2nc(CCNC(=O)N3CCCCC3C)co2)cc1. The molecule has 3 rings (SSSR count). The zero-order valence-electron chi connectivity index (χ0n) is 14.4. The topological polar surface area (TPSA) is 58.4 Å². The zero-order valence-corrected chi connectivity index (χ0v) is 14.4. The molecule has 1 N–H and O–H groups in total. The summed E-state index contributed by atoms with van der Waals surface area (Å²) in [5.74, 6) is 0.626. The standard InChI is InChI=1S/C19H25N3O2/c1-14-6-8-16(9-7-14)18-21-17(13-24-18)10-11-20-19(23)22-12-4-3-5-15(22)2/h6-9,13,15H,3-5,10-12H2,1-2H3,(H,20,23). The maximum atomic E-state index is 12.2. The third-order valence-corrected chi connectivity index (χ3v) is 4.57. The first kappa shape index (κ1) is 16.6. The normalized spacial score (nSPS) is 17.8. The number of nitrogens with one attached hydrogen (secondary N) is 1. The number of oxazole rings is 1. The second-order valence-corrected chi connectivity index (χ2v) is 6.53. The molecule has 0 saturated carbocycles. The van der Waals surface area contributed by atoms with Crippen LogP contribution in [0.2, 0.25) is 0 Å². The molecule has 1 aliphatic rings. The number of urea groups is 1. The fourth-order valence-electron chi connectivity index (χ4n) is 3.05. The summed E-state index contributed by atoms with van der Waals surface area (Å²) in [5, 5.41) is 2.99. The van der Waals surface area contributed by atoms with E-state index >= 15 is 0 Å². The molecule has 2 aromatic rings. The molecular weight excluding hydrogens is 302 g/mol. The van der Waals surface area contributed by atoms with Gasteiger partial charge >= 0.3 is 6.03 Å². The number of carbonyl (C=O) groups is 1. The van der Waals surface area contributed by atoms with Crippen molar-refractivity contribution >= 4 is 6.03 Å². The second-order valence-electron chi connectivity index (χ2n) is 6.53. The highest BCUT2D eigenvalue weighted by atomic mass is 16.3. The van der Waals surface area contributed by atoms with Crippen LogP contribution in [0.15, 0.2) is 34.9 Å². The van der Waals surface area contributed by atoms with E-state index < -0.39 is 0 Å². The first-order valence-corrected chi connectivity index (χ1v) is 8.69. The summed E-state index contributed by atoms with van der Waals surface area (Å²) >= 11 is 0. The van der Waals surface area contributed by atoms with Crippen molar-refractivity contribution < 1.29 is 9.21 Å². The summed E-state index contributed by atoms with van der Waals surface area (Å²) in [6, 6.07) is 8.45. The van der Waals surface area contributed by atoms with Gasteiger partial charge < -0.3 is 14.6 Å². The number of benzene rings is 1. The van der Waals surface area contributed by atoms with Crippen LogP contribution < -0.4 is 5.32 Å². The number of likely N-dealkylation sites (tertiary alicyclic amines) is 1. The number of rotatable bonds is 4. The molecule has 1 aromatic carbocycles. The van der Waals surface area contributed by atoms with E-state index in [9.17, 15) is 4.79 Å². The lowest BCUT2D eigenvalue weighted by Gasteiger charge is -2.33. The van der Waals surface area contributed by atoms with Crippen LogP contribution in [0.4, 0.5) is 4.79 Å². The van der Waals surface area contributed by atoms with E-state index in [0.29, 0.717) is 24.9 Å². The molecule has 2 amide bonds. The van der Waals surface area contributed by atoms with Gasteiger partial charge in [-0.25, -0.2) is 9.78 Å². The molecule has 1 fully saturated rings. The summed E-state index contributed by atoms with van der Waals surface area (Å²) in [6.07, 6.45) is 5.75. The molecule has 128 valence electrons. The highest BCUT2D eigenvalue weighted by Gasteiger charge is 2.22. The molecule has 1 saturated heterocycles. The van der Waals surface area contributed by atoms with Gasteiger partial charge in [-0.2, -0.15) is 0 Å². The summed E-state index contributed by atoms with van der Waals surface area (Å²) in [5.41, 5.74) is 3.04. The summed E-state index contributed by atoms with van der Waals surface area (Å²) < 4.78 is 5.55. The number of hydrogen-bond donors (Lipinski definition) is 1. The van der Waals surface area contributed by atoms with E-state index in [4.69, 9.17) is 4.42 Å². The molecule has 24 heavy (non-hydrogen) atoms. The molecule has 1 atom stereocenters. The maximum absolute atomic E-state index is 12.2. The number of hydrogen-bond acceptors (Lipinski definition) is 3. The van der Waals surface area contributed by atoms with E-state index in [0.717, 1.165) is 30.6 Å². The monoisotopic (exact) mass is 327 g/mol. The molecule has 2 heterocycles. The first-order chi connectivity index (χ1) is 11.6. The Balaban J connectivity index is 1.50. The van der Waals surface area contributed by atoms with Crippen LogP contribution in [-0.2, 0) is 6.42 Å². The third kappa shape index (κ3) is 3.96. The van der Waals surface area contributed by atoms with Gasteiger partial charge in [0.1, 0.15) is 6.26 Å². The lowest BCUT2D eigenvalue weighted by Crippen LogP contribution is -2.47. The van der Waals surface area contributed by atoms with Crippen LogP contribution >= 0.6 is 0 Å².